The Morgan fingerprint density at radius 1 is 1.53 bits per heavy atom. The van der Waals surface area contributed by atoms with Crippen LogP contribution in [-0.2, 0) is 0 Å². The molecule has 0 bridgehead atoms. The van der Waals surface area contributed by atoms with Crippen LogP contribution < -0.4 is 5.32 Å². The van der Waals surface area contributed by atoms with Gasteiger partial charge in [-0.25, -0.2) is 0 Å². The summed E-state index contributed by atoms with van der Waals surface area (Å²) in [6, 6.07) is 3.61. The lowest BCUT2D eigenvalue weighted by molar-refractivity contribution is 0.105. The highest BCUT2D eigenvalue weighted by Crippen LogP contribution is 2.29. The van der Waals surface area contributed by atoms with E-state index in [9.17, 15) is 5.11 Å². The van der Waals surface area contributed by atoms with Crippen LogP contribution in [0.25, 0.3) is 0 Å². The molecule has 0 aliphatic carbocycles. The van der Waals surface area contributed by atoms with E-state index in [0.717, 1.165) is 15.7 Å². The van der Waals surface area contributed by atoms with Gasteiger partial charge in [0.05, 0.1) is 18.4 Å². The van der Waals surface area contributed by atoms with E-state index < -0.39 is 6.10 Å². The Morgan fingerprint density at radius 2 is 2.20 bits per heavy atom. The van der Waals surface area contributed by atoms with E-state index in [-0.39, 0.29) is 6.61 Å². The van der Waals surface area contributed by atoms with Gasteiger partial charge in [-0.3, -0.25) is 0 Å². The molecule has 0 aliphatic rings. The normalized spacial score (nSPS) is 12.6. The van der Waals surface area contributed by atoms with Gasteiger partial charge < -0.3 is 15.5 Å². The van der Waals surface area contributed by atoms with Crippen LogP contribution in [0, 0.1) is 6.92 Å². The summed E-state index contributed by atoms with van der Waals surface area (Å²) in [5.41, 5.74) is 1.87. The van der Waals surface area contributed by atoms with Crippen molar-refractivity contribution in [2.75, 3.05) is 18.5 Å². The first-order chi connectivity index (χ1) is 7.04. The fraction of sp³-hybridized carbons (Fsp3) is 0.400. The average Bonchev–Trinajstić information content (AvgIpc) is 2.15. The SMILES string of the molecule is Cc1cc(Cl)cc(Br)c1NCC(O)CO. The molecule has 5 heteroatoms. The molecule has 0 amide bonds. The smallest absolute Gasteiger partial charge is 0.0942 e. The van der Waals surface area contributed by atoms with Gasteiger partial charge in [-0.1, -0.05) is 11.6 Å². The molecule has 0 heterocycles. The van der Waals surface area contributed by atoms with Crippen molar-refractivity contribution < 1.29 is 10.2 Å². The summed E-state index contributed by atoms with van der Waals surface area (Å²) in [7, 11) is 0. The number of anilines is 1. The maximum Gasteiger partial charge on any atom is 0.0942 e. The summed E-state index contributed by atoms with van der Waals surface area (Å²) in [6.07, 6.45) is -0.757. The first-order valence-corrected chi connectivity index (χ1v) is 5.70. The number of benzene rings is 1. The van der Waals surface area contributed by atoms with Crippen molar-refractivity contribution in [2.24, 2.45) is 0 Å². The predicted molar refractivity (Wildman–Crippen MR) is 65.5 cm³/mol. The molecule has 0 fully saturated rings. The van der Waals surface area contributed by atoms with Crippen LogP contribution in [-0.4, -0.2) is 29.5 Å². The highest BCUT2D eigenvalue weighted by Gasteiger charge is 2.07. The number of halogens is 2. The Kier molecular flexibility index (Phi) is 4.86. The van der Waals surface area contributed by atoms with Gasteiger partial charge in [-0.05, 0) is 40.5 Å². The minimum Gasteiger partial charge on any atom is -0.394 e. The number of rotatable bonds is 4. The molecule has 3 nitrogen and oxygen atoms in total. The molecule has 84 valence electrons. The van der Waals surface area contributed by atoms with Crippen molar-refractivity contribution in [1.82, 2.24) is 0 Å². The van der Waals surface area contributed by atoms with E-state index in [4.69, 9.17) is 16.7 Å². The number of nitrogens with one attached hydrogen (secondary N) is 1. The Hall–Kier alpha value is -0.290. The predicted octanol–water partition coefficient (Wildman–Crippen LogP) is 2.18. The van der Waals surface area contributed by atoms with Gasteiger partial charge in [-0.15, -0.1) is 0 Å². The fourth-order valence-corrected chi connectivity index (χ4v) is 2.31. The number of aryl methyl sites for hydroxylation is 1. The topological polar surface area (TPSA) is 52.5 Å². The second kappa shape index (κ2) is 5.70. The van der Waals surface area contributed by atoms with E-state index >= 15 is 0 Å². The maximum absolute atomic E-state index is 9.20. The summed E-state index contributed by atoms with van der Waals surface area (Å²) in [5.74, 6) is 0. The Bertz CT molecular complexity index is 323. The van der Waals surface area contributed by atoms with E-state index in [1.807, 2.05) is 13.0 Å². The highest BCUT2D eigenvalue weighted by atomic mass is 79.9. The van der Waals surface area contributed by atoms with Crippen LogP contribution in [0.2, 0.25) is 5.02 Å². The molecule has 0 saturated heterocycles. The molecule has 0 aromatic heterocycles. The number of aliphatic hydroxyl groups is 2. The standard InChI is InChI=1S/C10H13BrClNO2/c1-6-2-7(12)3-9(11)10(6)13-4-8(15)5-14/h2-3,8,13-15H,4-5H2,1H3. The van der Waals surface area contributed by atoms with Gasteiger partial charge in [0.25, 0.3) is 0 Å². The minimum atomic E-state index is -0.757. The van der Waals surface area contributed by atoms with Gasteiger partial charge in [0, 0.05) is 16.0 Å². The van der Waals surface area contributed by atoms with E-state index in [2.05, 4.69) is 21.2 Å². The quantitative estimate of drug-likeness (QED) is 0.798. The van der Waals surface area contributed by atoms with Crippen molar-refractivity contribution >= 4 is 33.2 Å². The van der Waals surface area contributed by atoms with Gasteiger partial charge in [0.1, 0.15) is 0 Å². The lowest BCUT2D eigenvalue weighted by atomic mass is 10.2. The van der Waals surface area contributed by atoms with Crippen LogP contribution in [0.5, 0.6) is 0 Å². The van der Waals surface area contributed by atoms with Gasteiger partial charge in [0.2, 0.25) is 0 Å². The van der Waals surface area contributed by atoms with Crippen molar-refractivity contribution in [1.29, 1.82) is 0 Å². The molecule has 0 radical (unpaired) electrons. The molecule has 1 rings (SSSR count). The minimum absolute atomic E-state index is 0.253. The molecule has 1 aromatic rings. The number of aliphatic hydroxyl groups excluding tert-OH is 2. The first-order valence-electron chi connectivity index (χ1n) is 4.53. The van der Waals surface area contributed by atoms with Gasteiger partial charge >= 0.3 is 0 Å². The van der Waals surface area contributed by atoms with Crippen molar-refractivity contribution in [3.63, 3.8) is 0 Å². The van der Waals surface area contributed by atoms with Crippen LogP contribution in [0.1, 0.15) is 5.56 Å². The monoisotopic (exact) mass is 293 g/mol. The zero-order valence-corrected chi connectivity index (χ0v) is 10.6. The summed E-state index contributed by atoms with van der Waals surface area (Å²) >= 11 is 9.24. The first kappa shape index (κ1) is 12.8. The van der Waals surface area contributed by atoms with Crippen molar-refractivity contribution in [3.05, 3.63) is 27.2 Å². The molecule has 1 unspecified atom stereocenters. The van der Waals surface area contributed by atoms with Crippen LogP contribution in [0.15, 0.2) is 16.6 Å². The van der Waals surface area contributed by atoms with E-state index in [1.54, 1.807) is 6.07 Å². The summed E-state index contributed by atoms with van der Waals surface area (Å²) in [4.78, 5) is 0. The zero-order valence-electron chi connectivity index (χ0n) is 8.30. The number of hydrogen-bond donors (Lipinski definition) is 3. The summed E-state index contributed by atoms with van der Waals surface area (Å²) in [5, 5.41) is 21.6. The van der Waals surface area contributed by atoms with E-state index in [0.29, 0.717) is 11.6 Å². The third-order valence-electron chi connectivity index (χ3n) is 1.98. The Balaban J connectivity index is 2.77. The fourth-order valence-electron chi connectivity index (χ4n) is 1.21. The van der Waals surface area contributed by atoms with Crippen LogP contribution in [0.4, 0.5) is 5.69 Å². The lowest BCUT2D eigenvalue weighted by Crippen LogP contribution is -2.23. The third kappa shape index (κ3) is 3.65. The molecule has 1 atom stereocenters. The molecular formula is C10H13BrClNO2. The molecule has 0 aliphatic heterocycles. The zero-order chi connectivity index (χ0) is 11.4. The molecule has 3 N–H and O–H groups in total. The summed E-state index contributed by atoms with van der Waals surface area (Å²) in [6.45, 7) is 1.97. The van der Waals surface area contributed by atoms with Gasteiger partial charge in [0.15, 0.2) is 0 Å². The second-order valence-corrected chi connectivity index (χ2v) is 4.59. The van der Waals surface area contributed by atoms with Crippen LogP contribution >= 0.6 is 27.5 Å². The largest absolute Gasteiger partial charge is 0.394 e. The Morgan fingerprint density at radius 3 is 2.73 bits per heavy atom. The molecular weight excluding hydrogens is 281 g/mol. The molecule has 1 aromatic carbocycles. The lowest BCUT2D eigenvalue weighted by Gasteiger charge is -2.14. The van der Waals surface area contributed by atoms with Crippen molar-refractivity contribution in [3.8, 4) is 0 Å². The van der Waals surface area contributed by atoms with Crippen molar-refractivity contribution in [2.45, 2.75) is 13.0 Å². The maximum atomic E-state index is 9.20. The highest BCUT2D eigenvalue weighted by molar-refractivity contribution is 9.10. The third-order valence-corrected chi connectivity index (χ3v) is 2.82. The van der Waals surface area contributed by atoms with E-state index in [1.165, 1.54) is 0 Å². The second-order valence-electron chi connectivity index (χ2n) is 3.30. The molecule has 0 spiro atoms. The average molecular weight is 295 g/mol. The number of hydrogen-bond acceptors (Lipinski definition) is 3. The molecule has 0 saturated carbocycles. The van der Waals surface area contributed by atoms with Crippen LogP contribution in [0.3, 0.4) is 0 Å². The molecule has 15 heavy (non-hydrogen) atoms. The van der Waals surface area contributed by atoms with Gasteiger partial charge in [-0.2, -0.15) is 0 Å². The summed E-state index contributed by atoms with van der Waals surface area (Å²) < 4.78 is 0.845. The Labute approximate surface area is 102 Å².